The number of aromatic nitrogens is 2. The molecule has 2 atom stereocenters. The number of benzene rings is 1. The minimum absolute atomic E-state index is 0.197. The third-order valence-corrected chi connectivity index (χ3v) is 3.64. The number of aliphatic carboxylic acids is 1. The lowest BCUT2D eigenvalue weighted by Crippen LogP contribution is -2.26. The van der Waals surface area contributed by atoms with E-state index in [1.165, 1.54) is 0 Å². The molecule has 1 fully saturated rings. The molecule has 0 spiro atoms. The number of rotatable bonds is 5. The number of hydrogen-bond acceptors (Lipinski definition) is 3. The van der Waals surface area contributed by atoms with Crippen molar-refractivity contribution in [3.8, 4) is 5.69 Å². The number of carbonyl (C=O) groups excluding carboxylic acids is 1. The van der Waals surface area contributed by atoms with Crippen molar-refractivity contribution in [3.05, 3.63) is 48.3 Å². The van der Waals surface area contributed by atoms with Gasteiger partial charge in [-0.15, -0.1) is 0 Å². The van der Waals surface area contributed by atoms with Crippen LogP contribution in [-0.2, 0) is 16.1 Å². The average molecular weight is 285 g/mol. The highest BCUT2D eigenvalue weighted by Gasteiger charge is 2.48. The first kappa shape index (κ1) is 13.4. The van der Waals surface area contributed by atoms with E-state index in [2.05, 4.69) is 10.4 Å². The van der Waals surface area contributed by atoms with Crippen LogP contribution in [0.1, 0.15) is 12.0 Å². The van der Waals surface area contributed by atoms with Crippen molar-refractivity contribution in [1.82, 2.24) is 15.1 Å². The number of amides is 1. The quantitative estimate of drug-likeness (QED) is 0.864. The Bertz CT molecular complexity index is 667. The molecule has 1 aliphatic carbocycles. The maximum atomic E-state index is 11.9. The molecular formula is C15H15N3O3. The number of carboxylic acids is 1. The summed E-state index contributed by atoms with van der Waals surface area (Å²) in [7, 11) is 0. The molecular weight excluding hydrogens is 270 g/mol. The largest absolute Gasteiger partial charge is 0.481 e. The lowest BCUT2D eigenvalue weighted by molar-refractivity contribution is -0.140. The van der Waals surface area contributed by atoms with Crippen LogP contribution in [0.5, 0.6) is 0 Å². The Kier molecular flexibility index (Phi) is 3.43. The van der Waals surface area contributed by atoms with Gasteiger partial charge in [-0.05, 0) is 24.1 Å². The molecule has 1 aliphatic rings. The van der Waals surface area contributed by atoms with Crippen LogP contribution in [0.15, 0.2) is 42.7 Å². The SMILES string of the molecule is O=C(O)C1CC1C(=O)NCc1ccccc1-n1cccn1. The second kappa shape index (κ2) is 5.40. The van der Waals surface area contributed by atoms with Gasteiger partial charge in [0.25, 0.3) is 0 Å². The second-order valence-electron chi connectivity index (χ2n) is 5.08. The molecule has 2 aromatic rings. The molecule has 6 heteroatoms. The molecule has 1 amide bonds. The van der Waals surface area contributed by atoms with E-state index < -0.39 is 11.9 Å². The molecule has 0 radical (unpaired) electrons. The van der Waals surface area contributed by atoms with Gasteiger partial charge in [0.1, 0.15) is 0 Å². The zero-order chi connectivity index (χ0) is 14.8. The smallest absolute Gasteiger partial charge is 0.307 e. The van der Waals surface area contributed by atoms with Gasteiger partial charge in [-0.1, -0.05) is 18.2 Å². The predicted octanol–water partition coefficient (Wildman–Crippen LogP) is 1.21. The third-order valence-electron chi connectivity index (χ3n) is 3.64. The van der Waals surface area contributed by atoms with Crippen LogP contribution in [0, 0.1) is 11.8 Å². The van der Waals surface area contributed by atoms with Crippen molar-refractivity contribution in [1.29, 1.82) is 0 Å². The summed E-state index contributed by atoms with van der Waals surface area (Å²) in [4.78, 5) is 22.7. The normalized spacial score (nSPS) is 20.0. The van der Waals surface area contributed by atoms with E-state index in [-0.39, 0.29) is 11.8 Å². The Labute approximate surface area is 121 Å². The molecule has 108 valence electrons. The van der Waals surface area contributed by atoms with Crippen molar-refractivity contribution in [2.45, 2.75) is 13.0 Å². The second-order valence-corrected chi connectivity index (χ2v) is 5.08. The highest BCUT2D eigenvalue weighted by Crippen LogP contribution is 2.38. The van der Waals surface area contributed by atoms with E-state index in [0.29, 0.717) is 13.0 Å². The molecule has 1 saturated carbocycles. The molecule has 3 rings (SSSR count). The summed E-state index contributed by atoms with van der Waals surface area (Å²) in [5.41, 5.74) is 1.83. The van der Waals surface area contributed by atoms with Crippen molar-refractivity contribution < 1.29 is 14.7 Å². The molecule has 21 heavy (non-hydrogen) atoms. The molecule has 6 nitrogen and oxygen atoms in total. The molecule has 2 N–H and O–H groups in total. The van der Waals surface area contributed by atoms with Gasteiger partial charge in [-0.2, -0.15) is 5.10 Å². The monoisotopic (exact) mass is 285 g/mol. The molecule has 0 saturated heterocycles. The minimum Gasteiger partial charge on any atom is -0.481 e. The summed E-state index contributed by atoms with van der Waals surface area (Å²) in [6, 6.07) is 9.47. The van der Waals surface area contributed by atoms with Crippen LogP contribution >= 0.6 is 0 Å². The average Bonchev–Trinajstić information content (AvgIpc) is 3.12. The number of para-hydroxylation sites is 1. The Balaban J connectivity index is 1.67. The fraction of sp³-hybridized carbons (Fsp3) is 0.267. The molecule has 1 aromatic heterocycles. The van der Waals surface area contributed by atoms with Crippen LogP contribution in [0.3, 0.4) is 0 Å². The first-order valence-electron chi connectivity index (χ1n) is 6.75. The van der Waals surface area contributed by atoms with Gasteiger partial charge in [-0.25, -0.2) is 4.68 Å². The Morgan fingerprint density at radius 1 is 1.29 bits per heavy atom. The van der Waals surface area contributed by atoms with Gasteiger partial charge in [0.2, 0.25) is 5.91 Å². The topological polar surface area (TPSA) is 84.2 Å². The Hall–Kier alpha value is -2.63. The van der Waals surface area contributed by atoms with Crippen LogP contribution in [0.25, 0.3) is 5.69 Å². The maximum absolute atomic E-state index is 11.9. The number of nitrogens with zero attached hydrogens (tertiary/aromatic N) is 2. The van der Waals surface area contributed by atoms with E-state index >= 15 is 0 Å². The summed E-state index contributed by atoms with van der Waals surface area (Å²) in [5, 5.41) is 15.8. The van der Waals surface area contributed by atoms with Crippen LogP contribution < -0.4 is 5.32 Å². The lowest BCUT2D eigenvalue weighted by Gasteiger charge is -2.10. The molecule has 1 heterocycles. The highest BCUT2D eigenvalue weighted by molar-refractivity contribution is 5.89. The lowest BCUT2D eigenvalue weighted by atomic mass is 10.1. The minimum atomic E-state index is -0.896. The van der Waals surface area contributed by atoms with Crippen LogP contribution in [-0.4, -0.2) is 26.8 Å². The van der Waals surface area contributed by atoms with Gasteiger partial charge >= 0.3 is 5.97 Å². The molecule has 2 unspecified atom stereocenters. The zero-order valence-corrected chi connectivity index (χ0v) is 11.3. The molecule has 1 aromatic carbocycles. The van der Waals surface area contributed by atoms with Gasteiger partial charge in [-0.3, -0.25) is 9.59 Å². The standard InChI is InChI=1S/C15H15N3O3/c19-14(11-8-12(11)15(20)21)16-9-10-4-1-2-5-13(10)18-7-3-6-17-18/h1-7,11-12H,8-9H2,(H,16,19)(H,20,21). The van der Waals surface area contributed by atoms with Crippen molar-refractivity contribution in [2.24, 2.45) is 11.8 Å². The summed E-state index contributed by atoms with van der Waals surface area (Å²) < 4.78 is 1.73. The van der Waals surface area contributed by atoms with E-state index in [9.17, 15) is 9.59 Å². The van der Waals surface area contributed by atoms with Gasteiger partial charge in [0.05, 0.1) is 17.5 Å². The summed E-state index contributed by atoms with van der Waals surface area (Å²) in [5.74, 6) is -2.00. The van der Waals surface area contributed by atoms with E-state index in [1.807, 2.05) is 36.5 Å². The van der Waals surface area contributed by atoms with E-state index in [1.54, 1.807) is 10.9 Å². The van der Waals surface area contributed by atoms with Crippen molar-refractivity contribution in [3.63, 3.8) is 0 Å². The van der Waals surface area contributed by atoms with Crippen molar-refractivity contribution in [2.75, 3.05) is 0 Å². The van der Waals surface area contributed by atoms with Gasteiger partial charge in [0, 0.05) is 18.9 Å². The Morgan fingerprint density at radius 2 is 2.10 bits per heavy atom. The summed E-state index contributed by atoms with van der Waals surface area (Å²) >= 11 is 0. The number of nitrogens with one attached hydrogen (secondary N) is 1. The van der Waals surface area contributed by atoms with Crippen LogP contribution in [0.2, 0.25) is 0 Å². The maximum Gasteiger partial charge on any atom is 0.307 e. The fourth-order valence-electron chi connectivity index (χ4n) is 2.37. The van der Waals surface area contributed by atoms with Gasteiger partial charge < -0.3 is 10.4 Å². The van der Waals surface area contributed by atoms with E-state index in [4.69, 9.17) is 5.11 Å². The van der Waals surface area contributed by atoms with Crippen LogP contribution in [0.4, 0.5) is 0 Å². The van der Waals surface area contributed by atoms with Crippen molar-refractivity contribution >= 4 is 11.9 Å². The molecule has 0 aliphatic heterocycles. The number of hydrogen-bond donors (Lipinski definition) is 2. The first-order chi connectivity index (χ1) is 10.2. The third kappa shape index (κ3) is 2.79. The number of carbonyl (C=O) groups is 2. The zero-order valence-electron chi connectivity index (χ0n) is 11.3. The number of carboxylic acid groups (broad SMARTS) is 1. The van der Waals surface area contributed by atoms with Gasteiger partial charge in [0.15, 0.2) is 0 Å². The first-order valence-corrected chi connectivity index (χ1v) is 6.75. The predicted molar refractivity (Wildman–Crippen MR) is 74.6 cm³/mol. The Morgan fingerprint density at radius 3 is 2.76 bits per heavy atom. The fourth-order valence-corrected chi connectivity index (χ4v) is 2.37. The van der Waals surface area contributed by atoms with E-state index in [0.717, 1.165) is 11.3 Å². The summed E-state index contributed by atoms with van der Waals surface area (Å²) in [6.07, 6.45) is 3.96. The highest BCUT2D eigenvalue weighted by atomic mass is 16.4. The molecule has 0 bridgehead atoms. The summed E-state index contributed by atoms with van der Waals surface area (Å²) in [6.45, 7) is 0.359.